The fraction of sp³-hybridized carbons (Fsp3) is 0.386. The number of aromatic nitrogens is 4. The van der Waals surface area contributed by atoms with E-state index in [1.165, 1.54) is 11.1 Å². The van der Waals surface area contributed by atoms with E-state index < -0.39 is 23.8 Å². The van der Waals surface area contributed by atoms with Crippen LogP contribution < -0.4 is 20.9 Å². The second-order valence-electron chi connectivity index (χ2n) is 16.8. The Kier molecular flexibility index (Phi) is 9.16. The van der Waals surface area contributed by atoms with E-state index in [2.05, 4.69) is 85.9 Å². The summed E-state index contributed by atoms with van der Waals surface area (Å²) in [5.41, 5.74) is 9.34. The van der Waals surface area contributed by atoms with E-state index >= 15 is 0 Å². The van der Waals surface area contributed by atoms with Crippen LogP contribution in [0.4, 0.5) is 28.8 Å². The number of hydrogen-bond acceptors (Lipinski definition) is 12. The molecule has 3 fully saturated rings. The Bertz CT molecular complexity index is 2540. The van der Waals surface area contributed by atoms with Crippen LogP contribution >= 0.6 is 0 Å². The number of hydrogen-bond donors (Lipinski definition) is 3. The van der Waals surface area contributed by atoms with Crippen molar-refractivity contribution in [2.45, 2.75) is 58.2 Å². The monoisotopic (exact) mass is 793 g/mol. The van der Waals surface area contributed by atoms with Gasteiger partial charge in [-0.3, -0.25) is 39.2 Å². The van der Waals surface area contributed by atoms with Gasteiger partial charge in [-0.25, -0.2) is 9.67 Å². The summed E-state index contributed by atoms with van der Waals surface area (Å²) in [6, 6.07) is 17.8. The van der Waals surface area contributed by atoms with Crippen molar-refractivity contribution in [3.63, 3.8) is 0 Å². The Morgan fingerprint density at radius 1 is 0.847 bits per heavy atom. The quantitative estimate of drug-likeness (QED) is 0.181. The summed E-state index contributed by atoms with van der Waals surface area (Å²) in [4.78, 5) is 68.7. The van der Waals surface area contributed by atoms with Gasteiger partial charge in [-0.1, -0.05) is 24.3 Å². The van der Waals surface area contributed by atoms with Crippen molar-refractivity contribution >= 4 is 63.5 Å². The highest BCUT2D eigenvalue weighted by atomic mass is 16.2. The van der Waals surface area contributed by atoms with E-state index in [0.29, 0.717) is 29.0 Å². The van der Waals surface area contributed by atoms with Gasteiger partial charge in [0.1, 0.15) is 6.04 Å². The number of piperidine rings is 1. The van der Waals surface area contributed by atoms with Crippen LogP contribution in [0.15, 0.2) is 60.8 Å². The molecular formula is C44H47N11O4. The number of anilines is 5. The van der Waals surface area contributed by atoms with Gasteiger partial charge in [-0.05, 0) is 91.6 Å². The third kappa shape index (κ3) is 6.77. The first-order valence-corrected chi connectivity index (χ1v) is 20.5. The lowest BCUT2D eigenvalue weighted by molar-refractivity contribution is -0.136. The number of imide groups is 2. The van der Waals surface area contributed by atoms with Gasteiger partial charge in [-0.2, -0.15) is 10.1 Å². The molecule has 0 bridgehead atoms. The molecule has 5 aliphatic heterocycles. The first-order chi connectivity index (χ1) is 28.6. The zero-order valence-corrected chi connectivity index (χ0v) is 33.5. The summed E-state index contributed by atoms with van der Waals surface area (Å²) in [6.45, 7) is 11.0. The molecule has 7 heterocycles. The maximum absolute atomic E-state index is 13.4. The smallest absolute Gasteiger partial charge is 0.262 e. The van der Waals surface area contributed by atoms with Gasteiger partial charge in [0.15, 0.2) is 11.5 Å². The summed E-state index contributed by atoms with van der Waals surface area (Å²) in [6.07, 6.45) is 4.16. The minimum absolute atomic E-state index is 0.101. The highest BCUT2D eigenvalue weighted by Crippen LogP contribution is 2.35. The summed E-state index contributed by atoms with van der Waals surface area (Å²) in [7, 11) is 1.90. The Balaban J connectivity index is 0.729. The number of likely N-dealkylation sites (tertiary alicyclic amines) is 1. The van der Waals surface area contributed by atoms with Gasteiger partial charge in [0.2, 0.25) is 17.8 Å². The Morgan fingerprint density at radius 2 is 1.66 bits per heavy atom. The van der Waals surface area contributed by atoms with Gasteiger partial charge in [-0.15, -0.1) is 0 Å². The number of benzene rings is 3. The SMILES string of the molecule is Cc1cccc(C)c1Nc1nn(C)c2nc(Nc3ccc4c(c3)CN(C3CN(CC5CCN(c6ccc7c(c6)C(=O)N(C6CCC(=O)NC6=O)C7=O)C5)C3)CC4)ncc12. The fourth-order valence-corrected chi connectivity index (χ4v) is 9.58. The van der Waals surface area contributed by atoms with Crippen molar-refractivity contribution in [2.75, 3.05) is 54.8 Å². The molecule has 0 aliphatic carbocycles. The molecule has 0 saturated carbocycles. The maximum Gasteiger partial charge on any atom is 0.262 e. The van der Waals surface area contributed by atoms with Gasteiger partial charge in [0.25, 0.3) is 11.8 Å². The highest BCUT2D eigenvalue weighted by Gasteiger charge is 2.45. The standard InChI is InChI=1S/C44H47N11O4/c1-25-5-4-6-26(2)38(25)48-39-35-19-45-44(49-40(35)51(3)50-39)46-30-8-7-28-14-16-54(22-29(28)17-30)32-23-52(24-32)20-27-13-15-53(21-27)31-9-10-33-34(18-31)43(59)55(42(33)58)36-11-12-37(56)47-41(36)57/h4-10,17-19,27,32,36H,11-16,20-24H2,1-3H3,(H,48,50)(H,45,46,49)(H,47,56,57). The molecule has 4 amide bonds. The van der Waals surface area contributed by atoms with Crippen molar-refractivity contribution < 1.29 is 19.2 Å². The second-order valence-corrected chi connectivity index (χ2v) is 16.8. The molecule has 3 aromatic carbocycles. The van der Waals surface area contributed by atoms with Gasteiger partial charge in [0.05, 0.1) is 16.5 Å². The average molecular weight is 794 g/mol. The molecule has 5 aliphatic rings. The van der Waals surface area contributed by atoms with Crippen LogP contribution in [0.25, 0.3) is 11.0 Å². The minimum atomic E-state index is -0.962. The van der Waals surface area contributed by atoms with Crippen LogP contribution in [-0.2, 0) is 29.6 Å². The number of carbonyl (C=O) groups excluding carboxylic acids is 4. The molecule has 0 radical (unpaired) electrons. The highest BCUT2D eigenvalue weighted by molar-refractivity contribution is 6.23. The van der Waals surface area contributed by atoms with E-state index in [-0.39, 0.29) is 18.7 Å². The largest absolute Gasteiger partial charge is 0.371 e. The zero-order valence-electron chi connectivity index (χ0n) is 33.5. The Hall–Kier alpha value is -6.19. The van der Waals surface area contributed by atoms with Crippen molar-refractivity contribution in [1.82, 2.24) is 39.8 Å². The molecule has 15 heteroatoms. The molecule has 3 saturated heterocycles. The summed E-state index contributed by atoms with van der Waals surface area (Å²) in [5, 5.41) is 14.8. The van der Waals surface area contributed by atoms with E-state index in [0.717, 1.165) is 109 Å². The van der Waals surface area contributed by atoms with Crippen molar-refractivity contribution in [2.24, 2.45) is 13.0 Å². The molecule has 15 nitrogen and oxygen atoms in total. The Labute approximate surface area is 341 Å². The third-order valence-electron chi connectivity index (χ3n) is 12.9. The number of aryl methyl sites for hydroxylation is 3. The van der Waals surface area contributed by atoms with Crippen LogP contribution in [0.2, 0.25) is 0 Å². The topological polar surface area (TPSA) is 161 Å². The lowest BCUT2D eigenvalue weighted by Crippen LogP contribution is -2.60. The van der Waals surface area contributed by atoms with Crippen LogP contribution in [-0.4, -0.2) is 109 Å². The van der Waals surface area contributed by atoms with Crippen LogP contribution in [0.1, 0.15) is 62.2 Å². The molecular weight excluding hydrogens is 747 g/mol. The number of nitrogens with one attached hydrogen (secondary N) is 3. The predicted octanol–water partition coefficient (Wildman–Crippen LogP) is 4.44. The number of carbonyl (C=O) groups is 4. The van der Waals surface area contributed by atoms with Crippen molar-refractivity contribution in [1.29, 1.82) is 0 Å². The molecule has 2 unspecified atom stereocenters. The first kappa shape index (κ1) is 37.1. The third-order valence-corrected chi connectivity index (χ3v) is 12.9. The first-order valence-electron chi connectivity index (χ1n) is 20.5. The molecule has 2 atom stereocenters. The lowest BCUT2D eigenvalue weighted by Gasteiger charge is -2.47. The molecule has 5 aromatic rings. The molecule has 302 valence electrons. The van der Waals surface area contributed by atoms with Crippen molar-refractivity contribution in [3.8, 4) is 0 Å². The molecule has 0 spiro atoms. The summed E-state index contributed by atoms with van der Waals surface area (Å²) in [5.74, 6) is -0.153. The van der Waals surface area contributed by atoms with Crippen LogP contribution in [0, 0.1) is 19.8 Å². The lowest BCUT2D eigenvalue weighted by atomic mass is 9.95. The van der Waals surface area contributed by atoms with E-state index in [4.69, 9.17) is 10.1 Å². The number of para-hydroxylation sites is 1. The molecule has 59 heavy (non-hydrogen) atoms. The van der Waals surface area contributed by atoms with Crippen LogP contribution in [0.3, 0.4) is 0 Å². The average Bonchev–Trinajstić information content (AvgIpc) is 3.88. The van der Waals surface area contributed by atoms with Gasteiger partial charge >= 0.3 is 0 Å². The Morgan fingerprint density at radius 3 is 2.47 bits per heavy atom. The molecule has 3 N–H and O–H groups in total. The summed E-state index contributed by atoms with van der Waals surface area (Å²) < 4.78 is 1.79. The van der Waals surface area contributed by atoms with E-state index in [1.807, 2.05) is 19.3 Å². The van der Waals surface area contributed by atoms with Gasteiger partial charge in [0, 0.05) is 88.6 Å². The van der Waals surface area contributed by atoms with Crippen LogP contribution in [0.5, 0.6) is 0 Å². The zero-order chi connectivity index (χ0) is 40.5. The second kappa shape index (κ2) is 14.6. The number of amides is 4. The minimum Gasteiger partial charge on any atom is -0.371 e. The molecule has 2 aromatic heterocycles. The molecule has 10 rings (SSSR count). The predicted molar refractivity (Wildman–Crippen MR) is 223 cm³/mol. The van der Waals surface area contributed by atoms with Gasteiger partial charge < -0.3 is 15.5 Å². The fourth-order valence-electron chi connectivity index (χ4n) is 9.58. The number of nitrogens with zero attached hydrogens (tertiary/aromatic N) is 8. The number of rotatable bonds is 9. The number of fused-ring (bicyclic) bond motifs is 3. The van der Waals surface area contributed by atoms with E-state index in [9.17, 15) is 19.2 Å². The normalized spacial score (nSPS) is 21.2. The summed E-state index contributed by atoms with van der Waals surface area (Å²) >= 11 is 0. The maximum atomic E-state index is 13.4. The van der Waals surface area contributed by atoms with E-state index in [1.54, 1.807) is 16.8 Å². The van der Waals surface area contributed by atoms with Crippen molar-refractivity contribution in [3.05, 3.63) is 94.2 Å².